The molecule has 1 aromatic carbocycles. The van der Waals surface area contributed by atoms with Gasteiger partial charge in [-0.15, -0.1) is 0 Å². The van der Waals surface area contributed by atoms with Gasteiger partial charge in [0.1, 0.15) is 6.61 Å². The molecule has 0 radical (unpaired) electrons. The molecular formula is C22H25NO4. The zero-order valence-electron chi connectivity index (χ0n) is 16.2. The van der Waals surface area contributed by atoms with E-state index in [9.17, 15) is 14.9 Å². The average molecular weight is 367 g/mol. The van der Waals surface area contributed by atoms with Crippen LogP contribution in [0.3, 0.4) is 0 Å². The van der Waals surface area contributed by atoms with E-state index in [2.05, 4.69) is 6.07 Å². The molecule has 27 heavy (non-hydrogen) atoms. The lowest BCUT2D eigenvalue weighted by atomic mass is 9.63. The van der Waals surface area contributed by atoms with Gasteiger partial charge in [0, 0.05) is 11.3 Å². The van der Waals surface area contributed by atoms with Crippen molar-refractivity contribution in [2.45, 2.75) is 52.6 Å². The summed E-state index contributed by atoms with van der Waals surface area (Å²) in [5.74, 6) is -1.50. The summed E-state index contributed by atoms with van der Waals surface area (Å²) in [6.07, 6.45) is -0.0774. The lowest BCUT2D eigenvalue weighted by Gasteiger charge is -2.39. The quantitative estimate of drug-likeness (QED) is 0.598. The van der Waals surface area contributed by atoms with Gasteiger partial charge in [-0.05, 0) is 32.3 Å². The van der Waals surface area contributed by atoms with Gasteiger partial charge in [-0.1, -0.05) is 55.3 Å². The molecule has 1 aromatic rings. The van der Waals surface area contributed by atoms with Gasteiger partial charge in [-0.25, -0.2) is 4.79 Å². The number of nitrogens with zero attached hydrogens (tertiary/aromatic N) is 1. The van der Waals surface area contributed by atoms with E-state index in [1.54, 1.807) is 0 Å². The highest BCUT2D eigenvalue weighted by Gasteiger charge is 2.54. The SMILES string of the molecule is CC1=C(C)C[C@](C#N)(C(=O)O[C@H]2C(=O)OCC2(C)C)[C@@H](c2ccccc2)C1. The Morgan fingerprint density at radius 1 is 1.22 bits per heavy atom. The van der Waals surface area contributed by atoms with Crippen LogP contribution < -0.4 is 0 Å². The lowest BCUT2D eigenvalue weighted by Crippen LogP contribution is -2.45. The van der Waals surface area contributed by atoms with Crippen molar-refractivity contribution < 1.29 is 19.1 Å². The summed E-state index contributed by atoms with van der Waals surface area (Å²) in [4.78, 5) is 25.4. The zero-order valence-corrected chi connectivity index (χ0v) is 16.2. The molecule has 1 heterocycles. The Kier molecular flexibility index (Phi) is 4.86. The fourth-order valence-corrected chi connectivity index (χ4v) is 3.96. The van der Waals surface area contributed by atoms with E-state index in [0.29, 0.717) is 12.8 Å². The summed E-state index contributed by atoms with van der Waals surface area (Å²) in [5.41, 5.74) is 1.17. The van der Waals surface area contributed by atoms with Crippen molar-refractivity contribution in [2.24, 2.45) is 10.8 Å². The van der Waals surface area contributed by atoms with Crippen molar-refractivity contribution in [1.82, 2.24) is 0 Å². The molecule has 3 atom stereocenters. The number of ether oxygens (including phenoxy) is 2. The highest BCUT2D eigenvalue weighted by atomic mass is 16.6. The molecule has 0 spiro atoms. The Labute approximate surface area is 160 Å². The summed E-state index contributed by atoms with van der Waals surface area (Å²) in [6.45, 7) is 7.82. The van der Waals surface area contributed by atoms with E-state index in [0.717, 1.165) is 11.1 Å². The third-order valence-electron chi connectivity index (χ3n) is 5.88. The Morgan fingerprint density at radius 3 is 2.44 bits per heavy atom. The van der Waals surface area contributed by atoms with Crippen molar-refractivity contribution in [1.29, 1.82) is 5.26 Å². The molecule has 1 fully saturated rings. The van der Waals surface area contributed by atoms with Gasteiger partial charge in [0.15, 0.2) is 5.41 Å². The van der Waals surface area contributed by atoms with Crippen LogP contribution in [-0.2, 0) is 19.1 Å². The summed E-state index contributed by atoms with van der Waals surface area (Å²) < 4.78 is 10.7. The van der Waals surface area contributed by atoms with Gasteiger partial charge in [0.2, 0.25) is 6.10 Å². The Balaban J connectivity index is 2.01. The summed E-state index contributed by atoms with van der Waals surface area (Å²) in [6, 6.07) is 11.9. The predicted molar refractivity (Wildman–Crippen MR) is 99.5 cm³/mol. The van der Waals surface area contributed by atoms with Crippen LogP contribution in [0.2, 0.25) is 0 Å². The molecule has 0 unspecified atom stereocenters. The maximum absolute atomic E-state index is 13.3. The third kappa shape index (κ3) is 3.25. The first kappa shape index (κ1) is 19.2. The Bertz CT molecular complexity index is 834. The monoisotopic (exact) mass is 367 g/mol. The highest BCUT2D eigenvalue weighted by molar-refractivity contribution is 5.87. The minimum absolute atomic E-state index is 0.198. The van der Waals surface area contributed by atoms with E-state index in [1.807, 2.05) is 58.0 Å². The summed E-state index contributed by atoms with van der Waals surface area (Å²) >= 11 is 0. The second kappa shape index (κ2) is 6.84. The number of hydrogen-bond donors (Lipinski definition) is 0. The van der Waals surface area contributed by atoms with E-state index in [1.165, 1.54) is 5.57 Å². The molecule has 0 saturated carbocycles. The minimum Gasteiger partial charge on any atom is -0.462 e. The topological polar surface area (TPSA) is 76.4 Å². The Hall–Kier alpha value is -2.61. The number of nitriles is 1. The van der Waals surface area contributed by atoms with Gasteiger partial charge < -0.3 is 9.47 Å². The maximum atomic E-state index is 13.3. The molecule has 5 nitrogen and oxygen atoms in total. The van der Waals surface area contributed by atoms with E-state index in [4.69, 9.17) is 9.47 Å². The first-order valence-corrected chi connectivity index (χ1v) is 9.20. The number of benzene rings is 1. The largest absolute Gasteiger partial charge is 0.462 e. The molecule has 0 aromatic heterocycles. The molecule has 1 aliphatic carbocycles. The fourth-order valence-electron chi connectivity index (χ4n) is 3.96. The normalized spacial score (nSPS) is 29.8. The third-order valence-corrected chi connectivity index (χ3v) is 5.88. The number of rotatable bonds is 3. The fraction of sp³-hybridized carbons (Fsp3) is 0.500. The van der Waals surface area contributed by atoms with Crippen molar-refractivity contribution >= 4 is 11.9 Å². The van der Waals surface area contributed by atoms with Crippen LogP contribution >= 0.6 is 0 Å². The van der Waals surface area contributed by atoms with E-state index in [-0.39, 0.29) is 12.5 Å². The first-order valence-electron chi connectivity index (χ1n) is 9.20. The first-order chi connectivity index (χ1) is 12.7. The van der Waals surface area contributed by atoms with Crippen molar-refractivity contribution in [3.05, 3.63) is 47.0 Å². The van der Waals surface area contributed by atoms with Gasteiger partial charge >= 0.3 is 11.9 Å². The highest BCUT2D eigenvalue weighted by Crippen LogP contribution is 2.50. The van der Waals surface area contributed by atoms with Crippen LogP contribution in [0, 0.1) is 22.2 Å². The second-order valence-corrected chi connectivity index (χ2v) is 8.37. The number of allylic oxidation sites excluding steroid dienone is 2. The predicted octanol–water partition coefficient (Wildman–Crippen LogP) is 3.91. The van der Waals surface area contributed by atoms with Crippen molar-refractivity contribution in [3.8, 4) is 6.07 Å². The maximum Gasteiger partial charge on any atom is 0.348 e. The van der Waals surface area contributed by atoms with Gasteiger partial charge in [0.25, 0.3) is 0 Å². The lowest BCUT2D eigenvalue weighted by molar-refractivity contribution is -0.170. The summed E-state index contributed by atoms with van der Waals surface area (Å²) in [7, 11) is 0. The molecule has 0 amide bonds. The molecule has 0 bridgehead atoms. The van der Waals surface area contributed by atoms with Gasteiger partial charge in [-0.3, -0.25) is 4.79 Å². The van der Waals surface area contributed by atoms with Crippen LogP contribution in [0.5, 0.6) is 0 Å². The summed E-state index contributed by atoms with van der Waals surface area (Å²) in [5, 5.41) is 10.1. The smallest absolute Gasteiger partial charge is 0.348 e. The standard InChI is InChI=1S/C22H25NO4/c1-14-10-17(16-8-6-5-7-9-16)22(12-23,11-15(14)2)20(25)27-18-19(24)26-13-21(18,3)4/h5-9,17-18H,10-11,13H2,1-4H3/t17-,18+,22-/m1/s1. The van der Waals surface area contributed by atoms with Crippen LogP contribution in [0.25, 0.3) is 0 Å². The molecule has 5 heteroatoms. The number of esters is 2. The van der Waals surface area contributed by atoms with Gasteiger partial charge in [0.05, 0.1) is 6.07 Å². The van der Waals surface area contributed by atoms with E-state index < -0.39 is 28.9 Å². The molecule has 0 N–H and O–H groups in total. The molecule has 2 aliphatic rings. The molecule has 3 rings (SSSR count). The van der Waals surface area contributed by atoms with Crippen LogP contribution in [0.15, 0.2) is 41.5 Å². The average Bonchev–Trinajstić information content (AvgIpc) is 2.91. The molecule has 142 valence electrons. The number of hydrogen-bond acceptors (Lipinski definition) is 5. The van der Waals surface area contributed by atoms with Crippen molar-refractivity contribution in [3.63, 3.8) is 0 Å². The van der Waals surface area contributed by atoms with Crippen LogP contribution in [0.4, 0.5) is 0 Å². The molecule has 1 saturated heterocycles. The van der Waals surface area contributed by atoms with Crippen LogP contribution in [0.1, 0.15) is 52.0 Å². The van der Waals surface area contributed by atoms with E-state index >= 15 is 0 Å². The zero-order chi connectivity index (χ0) is 19.8. The minimum atomic E-state index is -1.36. The van der Waals surface area contributed by atoms with Crippen LogP contribution in [-0.4, -0.2) is 24.6 Å². The second-order valence-electron chi connectivity index (χ2n) is 8.37. The number of cyclic esters (lactones) is 1. The number of carbonyl (C=O) groups excluding carboxylic acids is 2. The van der Waals surface area contributed by atoms with Gasteiger partial charge in [-0.2, -0.15) is 5.26 Å². The Morgan fingerprint density at radius 2 is 1.89 bits per heavy atom. The van der Waals surface area contributed by atoms with Crippen molar-refractivity contribution in [2.75, 3.05) is 6.61 Å². The number of carbonyl (C=O) groups is 2. The molecule has 1 aliphatic heterocycles. The molecular weight excluding hydrogens is 342 g/mol.